The Labute approximate surface area is 103 Å². The third kappa shape index (κ3) is 3.24. The van der Waals surface area contributed by atoms with Crippen molar-refractivity contribution in [2.75, 3.05) is 18.4 Å². The Kier molecular flexibility index (Phi) is 5.19. The fourth-order valence-electron chi connectivity index (χ4n) is 1.30. The number of nitrogens with zero attached hydrogens (tertiary/aromatic N) is 1. The topological polar surface area (TPSA) is 33.5 Å². The third-order valence-corrected chi connectivity index (χ3v) is 2.63. The summed E-state index contributed by atoms with van der Waals surface area (Å²) < 4.78 is 4.90. The number of carbonyl (C=O) groups is 1. The van der Waals surface area contributed by atoms with E-state index < -0.39 is 0 Å². The average molecular weight is 295 g/mol. The molecule has 0 radical (unpaired) electrons. The summed E-state index contributed by atoms with van der Waals surface area (Å²) in [5.74, 6) is -0.0740. The van der Waals surface area contributed by atoms with Crippen LogP contribution in [0.5, 0.6) is 0 Å². The molecule has 1 rings (SSSR count). The molecular weight excluding hydrogens is 281 g/mol. The lowest BCUT2D eigenvalue weighted by atomic mass is 10.3. The lowest BCUT2D eigenvalue weighted by molar-refractivity contribution is 0.0766. The molecule has 0 aromatic carbocycles. The predicted molar refractivity (Wildman–Crippen MR) is 63.7 cm³/mol. The molecule has 0 unspecified atom stereocenters. The molecule has 0 fully saturated rings. The van der Waals surface area contributed by atoms with Gasteiger partial charge < -0.3 is 9.32 Å². The van der Waals surface area contributed by atoms with Gasteiger partial charge in [-0.15, -0.1) is 0 Å². The van der Waals surface area contributed by atoms with Gasteiger partial charge in [-0.25, -0.2) is 0 Å². The molecule has 15 heavy (non-hydrogen) atoms. The van der Waals surface area contributed by atoms with Crippen molar-refractivity contribution < 1.29 is 9.21 Å². The van der Waals surface area contributed by atoms with Crippen LogP contribution in [0, 0.1) is 0 Å². The van der Waals surface area contributed by atoms with E-state index in [2.05, 4.69) is 15.9 Å². The van der Waals surface area contributed by atoms with Crippen LogP contribution in [0.1, 0.15) is 23.7 Å². The standard InChI is InChI=1S/C10H13BrClNO2/c1-2-5-13(6-4-11)10(14)8-3-7-15-9(8)12/h3,7H,2,4-6H2,1H3. The molecular formula is C10H13BrClNO2. The lowest BCUT2D eigenvalue weighted by Gasteiger charge is -2.20. The second-order valence-corrected chi connectivity index (χ2v) is 4.23. The number of carbonyl (C=O) groups excluding carboxylic acids is 1. The second-order valence-electron chi connectivity index (χ2n) is 3.09. The zero-order valence-corrected chi connectivity index (χ0v) is 10.8. The first-order chi connectivity index (χ1) is 7.20. The van der Waals surface area contributed by atoms with Crippen LogP contribution < -0.4 is 0 Å². The van der Waals surface area contributed by atoms with E-state index in [4.69, 9.17) is 16.0 Å². The van der Waals surface area contributed by atoms with Crippen LogP contribution in [0.15, 0.2) is 16.7 Å². The van der Waals surface area contributed by atoms with Gasteiger partial charge in [-0.3, -0.25) is 4.79 Å². The van der Waals surface area contributed by atoms with E-state index in [1.807, 2.05) is 6.92 Å². The van der Waals surface area contributed by atoms with Crippen LogP contribution in [0.3, 0.4) is 0 Å². The van der Waals surface area contributed by atoms with E-state index >= 15 is 0 Å². The van der Waals surface area contributed by atoms with Crippen molar-refractivity contribution in [2.45, 2.75) is 13.3 Å². The Morgan fingerprint density at radius 1 is 1.60 bits per heavy atom. The maximum absolute atomic E-state index is 12.0. The van der Waals surface area contributed by atoms with Crippen LogP contribution in [-0.2, 0) is 0 Å². The highest BCUT2D eigenvalue weighted by Gasteiger charge is 2.18. The van der Waals surface area contributed by atoms with Gasteiger partial charge in [0.15, 0.2) is 0 Å². The van der Waals surface area contributed by atoms with E-state index in [1.54, 1.807) is 11.0 Å². The molecule has 0 spiro atoms. The molecule has 1 amide bonds. The Hall–Kier alpha value is -0.480. The molecule has 0 saturated heterocycles. The number of halogens is 2. The fourth-order valence-corrected chi connectivity index (χ4v) is 1.93. The van der Waals surface area contributed by atoms with Gasteiger partial charge in [0.1, 0.15) is 0 Å². The van der Waals surface area contributed by atoms with Gasteiger partial charge in [-0.05, 0) is 24.1 Å². The molecule has 0 aliphatic carbocycles. The number of hydrogen-bond acceptors (Lipinski definition) is 2. The molecule has 3 nitrogen and oxygen atoms in total. The number of rotatable bonds is 5. The fraction of sp³-hybridized carbons (Fsp3) is 0.500. The molecule has 0 atom stereocenters. The van der Waals surface area contributed by atoms with Gasteiger partial charge >= 0.3 is 0 Å². The minimum absolute atomic E-state index is 0.0740. The quantitative estimate of drug-likeness (QED) is 0.782. The van der Waals surface area contributed by atoms with Gasteiger partial charge in [-0.2, -0.15) is 0 Å². The second kappa shape index (κ2) is 6.18. The van der Waals surface area contributed by atoms with Crippen molar-refractivity contribution in [3.05, 3.63) is 23.1 Å². The summed E-state index contributed by atoms with van der Waals surface area (Å²) in [6.45, 7) is 3.44. The highest BCUT2D eigenvalue weighted by atomic mass is 79.9. The molecule has 0 aliphatic heterocycles. The highest BCUT2D eigenvalue weighted by Crippen LogP contribution is 2.18. The third-order valence-electron chi connectivity index (χ3n) is 1.98. The number of hydrogen-bond donors (Lipinski definition) is 0. The maximum Gasteiger partial charge on any atom is 0.258 e. The molecule has 1 aromatic rings. The van der Waals surface area contributed by atoms with Crippen LogP contribution in [0.25, 0.3) is 0 Å². The Balaban J connectivity index is 2.76. The molecule has 0 N–H and O–H groups in total. The first-order valence-electron chi connectivity index (χ1n) is 4.79. The molecule has 1 aromatic heterocycles. The number of alkyl halides is 1. The SMILES string of the molecule is CCCN(CCBr)C(=O)c1ccoc1Cl. The van der Waals surface area contributed by atoms with Crippen LogP contribution >= 0.6 is 27.5 Å². The smallest absolute Gasteiger partial charge is 0.258 e. The molecule has 84 valence electrons. The summed E-state index contributed by atoms with van der Waals surface area (Å²) in [5, 5.41) is 0.921. The summed E-state index contributed by atoms with van der Waals surface area (Å²) in [5.41, 5.74) is 0.436. The minimum Gasteiger partial charge on any atom is -0.452 e. The van der Waals surface area contributed by atoms with E-state index in [9.17, 15) is 4.79 Å². The zero-order chi connectivity index (χ0) is 11.3. The van der Waals surface area contributed by atoms with Crippen molar-refractivity contribution in [3.63, 3.8) is 0 Å². The largest absolute Gasteiger partial charge is 0.452 e. The van der Waals surface area contributed by atoms with Crippen LogP contribution in [0.4, 0.5) is 0 Å². The summed E-state index contributed by atoms with van der Waals surface area (Å²) in [6, 6.07) is 1.60. The maximum atomic E-state index is 12.0. The van der Waals surface area contributed by atoms with Crippen molar-refractivity contribution >= 4 is 33.4 Å². The Morgan fingerprint density at radius 3 is 2.80 bits per heavy atom. The summed E-state index contributed by atoms with van der Waals surface area (Å²) in [7, 11) is 0. The van der Waals surface area contributed by atoms with Crippen molar-refractivity contribution in [1.29, 1.82) is 0 Å². The van der Waals surface area contributed by atoms with Gasteiger partial charge in [-0.1, -0.05) is 22.9 Å². The summed E-state index contributed by atoms with van der Waals surface area (Å²) >= 11 is 9.07. The van der Waals surface area contributed by atoms with E-state index in [0.717, 1.165) is 18.3 Å². The van der Waals surface area contributed by atoms with E-state index in [-0.39, 0.29) is 11.1 Å². The van der Waals surface area contributed by atoms with Gasteiger partial charge in [0, 0.05) is 18.4 Å². The normalized spacial score (nSPS) is 10.3. The molecule has 0 aliphatic rings. The molecule has 0 bridgehead atoms. The Morgan fingerprint density at radius 2 is 2.33 bits per heavy atom. The molecule has 0 saturated carbocycles. The summed E-state index contributed by atoms with van der Waals surface area (Å²) in [4.78, 5) is 13.7. The molecule has 1 heterocycles. The minimum atomic E-state index is -0.0740. The van der Waals surface area contributed by atoms with Crippen LogP contribution in [0.2, 0.25) is 5.22 Å². The van der Waals surface area contributed by atoms with Gasteiger partial charge in [0.05, 0.1) is 11.8 Å². The van der Waals surface area contributed by atoms with E-state index in [1.165, 1.54) is 6.26 Å². The monoisotopic (exact) mass is 293 g/mol. The van der Waals surface area contributed by atoms with Crippen molar-refractivity contribution in [1.82, 2.24) is 4.90 Å². The summed E-state index contributed by atoms with van der Waals surface area (Å²) in [6.07, 6.45) is 2.35. The van der Waals surface area contributed by atoms with Gasteiger partial charge in [0.25, 0.3) is 5.91 Å². The first-order valence-corrected chi connectivity index (χ1v) is 6.28. The van der Waals surface area contributed by atoms with Crippen LogP contribution in [-0.4, -0.2) is 29.2 Å². The first kappa shape index (κ1) is 12.6. The lowest BCUT2D eigenvalue weighted by Crippen LogP contribution is -2.33. The van der Waals surface area contributed by atoms with E-state index in [0.29, 0.717) is 12.1 Å². The Bertz CT molecular complexity index is 321. The predicted octanol–water partition coefficient (Wildman–Crippen LogP) is 3.18. The van der Waals surface area contributed by atoms with Gasteiger partial charge in [0.2, 0.25) is 5.22 Å². The highest BCUT2D eigenvalue weighted by molar-refractivity contribution is 9.09. The average Bonchev–Trinajstić information content (AvgIpc) is 2.63. The number of furan rings is 1. The molecule has 5 heteroatoms. The van der Waals surface area contributed by atoms with Crippen molar-refractivity contribution in [3.8, 4) is 0 Å². The van der Waals surface area contributed by atoms with Crippen molar-refractivity contribution in [2.24, 2.45) is 0 Å². The zero-order valence-electron chi connectivity index (χ0n) is 8.50. The number of amides is 1.